The fourth-order valence-corrected chi connectivity index (χ4v) is 3.57. The first-order valence-corrected chi connectivity index (χ1v) is 7.05. The van der Waals surface area contributed by atoms with Crippen molar-refractivity contribution >= 4 is 6.09 Å². The summed E-state index contributed by atoms with van der Waals surface area (Å²) in [7, 11) is 0. The molecule has 0 radical (unpaired) electrons. The summed E-state index contributed by atoms with van der Waals surface area (Å²) in [5.41, 5.74) is 0.734. The van der Waals surface area contributed by atoms with Crippen LogP contribution in [0.15, 0.2) is 24.3 Å². The summed E-state index contributed by atoms with van der Waals surface area (Å²) in [5.74, 6) is -0.157. The van der Waals surface area contributed by atoms with Crippen molar-refractivity contribution in [3.63, 3.8) is 0 Å². The first kappa shape index (κ1) is 13.4. The highest BCUT2D eigenvalue weighted by Gasteiger charge is 2.46. The molecule has 2 aliphatic heterocycles. The van der Waals surface area contributed by atoms with Crippen molar-refractivity contribution in [1.29, 1.82) is 0 Å². The lowest BCUT2D eigenvalue weighted by atomic mass is 10.0. The maximum absolute atomic E-state index is 13.7. The van der Waals surface area contributed by atoms with E-state index >= 15 is 0 Å². The molecule has 2 aliphatic rings. The van der Waals surface area contributed by atoms with E-state index in [1.807, 2.05) is 12.1 Å². The topological polar surface area (TPSA) is 43.8 Å². The van der Waals surface area contributed by atoms with Gasteiger partial charge in [-0.1, -0.05) is 18.2 Å². The zero-order valence-electron chi connectivity index (χ0n) is 11.5. The average molecular weight is 278 g/mol. The first-order valence-electron chi connectivity index (χ1n) is 7.05. The Labute approximate surface area is 117 Å². The number of nitrogens with zero attached hydrogens (tertiary/aromatic N) is 2. The van der Waals surface area contributed by atoms with Gasteiger partial charge in [0.15, 0.2) is 0 Å². The van der Waals surface area contributed by atoms with Crippen molar-refractivity contribution in [2.75, 3.05) is 13.1 Å². The normalized spacial score (nSPS) is 27.0. The van der Waals surface area contributed by atoms with Gasteiger partial charge in [-0.15, -0.1) is 0 Å². The fraction of sp³-hybridized carbons (Fsp3) is 0.533. The lowest BCUT2D eigenvalue weighted by molar-refractivity contribution is 0.0860. The smallest absolute Gasteiger partial charge is 0.407 e. The van der Waals surface area contributed by atoms with E-state index in [0.29, 0.717) is 13.0 Å². The Morgan fingerprint density at radius 1 is 1.40 bits per heavy atom. The van der Waals surface area contributed by atoms with Crippen LogP contribution in [0.5, 0.6) is 0 Å². The Bertz CT molecular complexity index is 522. The summed E-state index contributed by atoms with van der Waals surface area (Å²) in [6, 6.07) is 7.50. The highest BCUT2D eigenvalue weighted by Crippen LogP contribution is 2.32. The van der Waals surface area contributed by atoms with Gasteiger partial charge in [0.05, 0.1) is 0 Å². The fourth-order valence-electron chi connectivity index (χ4n) is 3.57. The number of amides is 1. The van der Waals surface area contributed by atoms with E-state index in [0.717, 1.165) is 18.5 Å². The van der Waals surface area contributed by atoms with Gasteiger partial charge in [-0.05, 0) is 31.4 Å². The number of piperazine rings is 1. The Hall–Kier alpha value is -1.62. The number of likely N-dealkylation sites (tertiary alicyclic amines) is 2. The molecule has 5 heteroatoms. The molecule has 0 aromatic heterocycles. The third-order valence-electron chi connectivity index (χ3n) is 4.57. The minimum absolute atomic E-state index is 0.112. The minimum Gasteiger partial charge on any atom is -0.465 e. The molecule has 0 aliphatic carbocycles. The van der Waals surface area contributed by atoms with Crippen molar-refractivity contribution in [2.45, 2.75) is 37.9 Å². The Morgan fingerprint density at radius 3 is 2.75 bits per heavy atom. The van der Waals surface area contributed by atoms with Gasteiger partial charge < -0.3 is 10.0 Å². The second kappa shape index (κ2) is 5.05. The van der Waals surface area contributed by atoms with Gasteiger partial charge in [-0.3, -0.25) is 4.90 Å². The van der Waals surface area contributed by atoms with Crippen LogP contribution in [-0.4, -0.2) is 52.2 Å². The van der Waals surface area contributed by atoms with Crippen molar-refractivity contribution in [3.8, 4) is 0 Å². The summed E-state index contributed by atoms with van der Waals surface area (Å²) in [6.45, 7) is 3.45. The van der Waals surface area contributed by atoms with Gasteiger partial charge in [0.25, 0.3) is 0 Å². The van der Waals surface area contributed by atoms with E-state index in [4.69, 9.17) is 5.11 Å². The molecule has 3 rings (SSSR count). The Kier molecular flexibility index (Phi) is 3.38. The van der Waals surface area contributed by atoms with Crippen LogP contribution in [0, 0.1) is 5.82 Å². The van der Waals surface area contributed by atoms with Gasteiger partial charge in [0.1, 0.15) is 5.82 Å². The monoisotopic (exact) mass is 278 g/mol. The Balaban J connectivity index is 1.65. The van der Waals surface area contributed by atoms with Gasteiger partial charge in [0, 0.05) is 31.2 Å². The van der Waals surface area contributed by atoms with Gasteiger partial charge in [-0.25, -0.2) is 9.18 Å². The SMILES string of the molecule is CC(Cc1ccccc1F)N1CC2CC1CN2C(=O)O. The van der Waals surface area contributed by atoms with Crippen molar-refractivity contribution in [1.82, 2.24) is 9.80 Å². The molecule has 1 aromatic rings. The molecule has 2 saturated heterocycles. The van der Waals surface area contributed by atoms with Crippen molar-refractivity contribution in [2.24, 2.45) is 0 Å². The number of hydrogen-bond donors (Lipinski definition) is 1. The molecule has 0 spiro atoms. The third kappa shape index (κ3) is 2.26. The number of carbonyl (C=O) groups is 1. The van der Waals surface area contributed by atoms with Crippen LogP contribution in [0.4, 0.5) is 9.18 Å². The van der Waals surface area contributed by atoms with Crippen molar-refractivity contribution in [3.05, 3.63) is 35.6 Å². The van der Waals surface area contributed by atoms with E-state index in [1.165, 1.54) is 11.0 Å². The van der Waals surface area contributed by atoms with Gasteiger partial charge >= 0.3 is 6.09 Å². The second-order valence-electron chi connectivity index (χ2n) is 5.82. The van der Waals surface area contributed by atoms with Crippen LogP contribution in [-0.2, 0) is 6.42 Å². The summed E-state index contributed by atoms with van der Waals surface area (Å²) in [6.07, 6.45) is 0.760. The average Bonchev–Trinajstić information content (AvgIpc) is 3.01. The quantitative estimate of drug-likeness (QED) is 0.921. The highest BCUT2D eigenvalue weighted by atomic mass is 19.1. The van der Waals surface area contributed by atoms with Crippen LogP contribution in [0.25, 0.3) is 0 Å². The molecule has 3 unspecified atom stereocenters. The van der Waals surface area contributed by atoms with Gasteiger partial charge in [0.2, 0.25) is 0 Å². The molecule has 20 heavy (non-hydrogen) atoms. The summed E-state index contributed by atoms with van der Waals surface area (Å²) >= 11 is 0. The predicted octanol–water partition coefficient (Wildman–Crippen LogP) is 2.19. The maximum atomic E-state index is 13.7. The molecule has 1 amide bonds. The van der Waals surface area contributed by atoms with E-state index in [-0.39, 0.29) is 23.9 Å². The maximum Gasteiger partial charge on any atom is 0.407 e. The molecular weight excluding hydrogens is 259 g/mol. The molecule has 2 bridgehead atoms. The van der Waals surface area contributed by atoms with E-state index in [2.05, 4.69) is 11.8 Å². The number of hydrogen-bond acceptors (Lipinski definition) is 2. The van der Waals surface area contributed by atoms with Crippen LogP contribution < -0.4 is 0 Å². The summed E-state index contributed by atoms with van der Waals surface area (Å²) in [5, 5.41) is 9.09. The molecule has 4 nitrogen and oxygen atoms in total. The van der Waals surface area contributed by atoms with E-state index in [1.54, 1.807) is 6.07 Å². The van der Waals surface area contributed by atoms with E-state index in [9.17, 15) is 9.18 Å². The molecule has 2 heterocycles. The highest BCUT2D eigenvalue weighted by molar-refractivity contribution is 5.66. The largest absolute Gasteiger partial charge is 0.465 e. The third-order valence-corrected chi connectivity index (χ3v) is 4.57. The molecule has 108 valence electrons. The molecule has 1 N–H and O–H groups in total. The minimum atomic E-state index is -0.820. The molecule has 3 atom stereocenters. The Morgan fingerprint density at radius 2 is 2.15 bits per heavy atom. The number of carboxylic acid groups (broad SMARTS) is 1. The number of fused-ring (bicyclic) bond motifs is 2. The standard InChI is InChI=1S/C15H19FN2O2/c1-10(6-11-4-2-3-5-14(11)16)17-8-13-7-12(17)9-18(13)15(19)20/h2-5,10,12-13H,6-9H2,1H3,(H,19,20). The lowest BCUT2D eigenvalue weighted by Crippen LogP contribution is -2.51. The molecule has 1 aromatic carbocycles. The molecule has 0 saturated carbocycles. The number of rotatable bonds is 3. The first-order chi connectivity index (χ1) is 9.56. The summed E-state index contributed by atoms with van der Waals surface area (Å²) in [4.78, 5) is 14.9. The number of benzene rings is 1. The van der Waals surface area contributed by atoms with Crippen LogP contribution in [0.3, 0.4) is 0 Å². The lowest BCUT2D eigenvalue weighted by Gasteiger charge is -2.36. The van der Waals surface area contributed by atoms with Crippen LogP contribution in [0.2, 0.25) is 0 Å². The zero-order chi connectivity index (χ0) is 14.3. The summed E-state index contributed by atoms with van der Waals surface area (Å²) < 4.78 is 13.7. The van der Waals surface area contributed by atoms with Gasteiger partial charge in [-0.2, -0.15) is 0 Å². The van der Waals surface area contributed by atoms with Crippen molar-refractivity contribution < 1.29 is 14.3 Å². The van der Waals surface area contributed by atoms with Crippen LogP contribution >= 0.6 is 0 Å². The second-order valence-corrected chi connectivity index (χ2v) is 5.82. The number of halogens is 1. The molecule has 2 fully saturated rings. The molecular formula is C15H19FN2O2. The van der Waals surface area contributed by atoms with E-state index < -0.39 is 6.09 Å². The predicted molar refractivity (Wildman–Crippen MR) is 73.2 cm³/mol. The zero-order valence-corrected chi connectivity index (χ0v) is 11.5. The van der Waals surface area contributed by atoms with Crippen LogP contribution in [0.1, 0.15) is 18.9 Å².